The molecule has 7 nitrogen and oxygen atoms in total. The van der Waals surface area contributed by atoms with Gasteiger partial charge in [0.05, 0.1) is 17.8 Å². The summed E-state index contributed by atoms with van der Waals surface area (Å²) in [5.41, 5.74) is 2.08. The van der Waals surface area contributed by atoms with Crippen LogP contribution >= 0.6 is 0 Å². The van der Waals surface area contributed by atoms with Gasteiger partial charge in [0.15, 0.2) is 0 Å². The van der Waals surface area contributed by atoms with Crippen molar-refractivity contribution < 1.29 is 22.7 Å². The maximum absolute atomic E-state index is 12.9. The van der Waals surface area contributed by atoms with Crippen LogP contribution in [0.25, 0.3) is 0 Å². The van der Waals surface area contributed by atoms with E-state index < -0.39 is 15.8 Å². The van der Waals surface area contributed by atoms with E-state index in [9.17, 15) is 18.0 Å². The number of hydrogen-bond donors (Lipinski definition) is 2. The molecule has 1 saturated heterocycles. The first-order valence-corrected chi connectivity index (χ1v) is 12.9. The van der Waals surface area contributed by atoms with Crippen LogP contribution in [0.1, 0.15) is 46.7 Å². The average Bonchev–Trinajstić information content (AvgIpc) is 3.30. The lowest BCUT2D eigenvalue weighted by Gasteiger charge is -2.17. The van der Waals surface area contributed by atoms with Gasteiger partial charge in [-0.3, -0.25) is 9.59 Å². The molecule has 0 radical (unpaired) electrons. The standard InChI is InChI=1S/C24H30N2O5S/c1-32(29,30)14-12-22(19-8-3-2-4-9-19)24(28)25-16-18-7-5-10-20(15-18)23(27)26-17-21-11-6-13-31-21/h2-5,7-10,15,21-22H,6,11-14,16-17H2,1H3,(H,25,28)(H,26,27). The van der Waals surface area contributed by atoms with E-state index in [-0.39, 0.29) is 36.6 Å². The number of sulfone groups is 1. The molecular formula is C24H30N2O5S. The number of carbonyl (C=O) groups is 2. The van der Waals surface area contributed by atoms with E-state index in [1.807, 2.05) is 36.4 Å². The van der Waals surface area contributed by atoms with Gasteiger partial charge in [0.2, 0.25) is 5.91 Å². The van der Waals surface area contributed by atoms with Crippen LogP contribution in [0.2, 0.25) is 0 Å². The fourth-order valence-corrected chi connectivity index (χ4v) is 4.38. The second-order valence-electron chi connectivity index (χ2n) is 8.15. The number of nitrogens with one attached hydrogen (secondary N) is 2. The van der Waals surface area contributed by atoms with Gasteiger partial charge in [0.1, 0.15) is 9.84 Å². The number of rotatable bonds is 10. The monoisotopic (exact) mass is 458 g/mol. The molecule has 1 heterocycles. The summed E-state index contributed by atoms with van der Waals surface area (Å²) in [4.78, 5) is 25.4. The minimum atomic E-state index is -3.19. The van der Waals surface area contributed by atoms with Crippen LogP contribution in [0, 0.1) is 0 Å². The number of amides is 2. The van der Waals surface area contributed by atoms with Gasteiger partial charge in [-0.15, -0.1) is 0 Å². The van der Waals surface area contributed by atoms with Gasteiger partial charge in [0, 0.05) is 31.5 Å². The first-order valence-electron chi connectivity index (χ1n) is 10.8. The minimum Gasteiger partial charge on any atom is -0.376 e. The van der Waals surface area contributed by atoms with Crippen LogP contribution in [0.3, 0.4) is 0 Å². The van der Waals surface area contributed by atoms with Crippen molar-refractivity contribution >= 4 is 21.7 Å². The van der Waals surface area contributed by atoms with Gasteiger partial charge in [0.25, 0.3) is 5.91 Å². The second-order valence-corrected chi connectivity index (χ2v) is 10.4. The molecule has 1 aliphatic rings. The molecule has 0 aliphatic carbocycles. The largest absolute Gasteiger partial charge is 0.376 e. The van der Waals surface area contributed by atoms with Crippen LogP contribution < -0.4 is 10.6 Å². The zero-order valence-electron chi connectivity index (χ0n) is 18.3. The number of ether oxygens (including phenoxy) is 1. The fourth-order valence-electron chi connectivity index (χ4n) is 3.72. The molecule has 32 heavy (non-hydrogen) atoms. The lowest BCUT2D eigenvalue weighted by molar-refractivity contribution is -0.122. The highest BCUT2D eigenvalue weighted by molar-refractivity contribution is 7.90. The van der Waals surface area contributed by atoms with Crippen LogP contribution in [0.4, 0.5) is 0 Å². The minimum absolute atomic E-state index is 0.0691. The van der Waals surface area contributed by atoms with Crippen molar-refractivity contribution in [3.63, 3.8) is 0 Å². The molecule has 8 heteroatoms. The zero-order valence-corrected chi connectivity index (χ0v) is 19.1. The molecule has 0 saturated carbocycles. The molecule has 2 N–H and O–H groups in total. The maximum Gasteiger partial charge on any atom is 0.251 e. The molecule has 1 aliphatic heterocycles. The highest BCUT2D eigenvalue weighted by Crippen LogP contribution is 2.21. The van der Waals surface area contributed by atoms with Crippen molar-refractivity contribution in [2.75, 3.05) is 25.2 Å². The third-order valence-corrected chi connectivity index (χ3v) is 6.44. The van der Waals surface area contributed by atoms with Gasteiger partial charge in [-0.25, -0.2) is 8.42 Å². The molecule has 1 fully saturated rings. The van der Waals surface area contributed by atoms with Crippen LogP contribution in [0.15, 0.2) is 54.6 Å². The topological polar surface area (TPSA) is 102 Å². The van der Waals surface area contributed by atoms with Crippen LogP contribution in [-0.2, 0) is 25.9 Å². The van der Waals surface area contributed by atoms with Crippen molar-refractivity contribution in [3.8, 4) is 0 Å². The Bertz CT molecular complexity index is 1020. The van der Waals surface area contributed by atoms with Crippen LogP contribution in [-0.4, -0.2) is 51.5 Å². The van der Waals surface area contributed by atoms with E-state index in [2.05, 4.69) is 10.6 Å². The Kier molecular flexibility index (Phi) is 8.41. The quantitative estimate of drug-likeness (QED) is 0.569. The van der Waals surface area contributed by atoms with Crippen molar-refractivity contribution in [1.29, 1.82) is 0 Å². The van der Waals surface area contributed by atoms with Gasteiger partial charge in [-0.1, -0.05) is 42.5 Å². The molecule has 3 rings (SSSR count). The lowest BCUT2D eigenvalue weighted by Crippen LogP contribution is -2.32. The van der Waals surface area contributed by atoms with Crippen molar-refractivity contribution in [3.05, 3.63) is 71.3 Å². The summed E-state index contributed by atoms with van der Waals surface area (Å²) < 4.78 is 28.8. The predicted molar refractivity (Wildman–Crippen MR) is 123 cm³/mol. The van der Waals surface area contributed by atoms with E-state index in [4.69, 9.17) is 4.74 Å². The Morgan fingerprint density at radius 2 is 1.88 bits per heavy atom. The Morgan fingerprint density at radius 1 is 1.09 bits per heavy atom. The van der Waals surface area contributed by atoms with Gasteiger partial charge < -0.3 is 15.4 Å². The number of carbonyl (C=O) groups excluding carboxylic acids is 2. The van der Waals surface area contributed by atoms with Gasteiger partial charge >= 0.3 is 0 Å². The normalized spacial score (nSPS) is 17.0. The Morgan fingerprint density at radius 3 is 2.56 bits per heavy atom. The summed E-state index contributed by atoms with van der Waals surface area (Å²) in [6.45, 7) is 1.47. The molecule has 2 aromatic carbocycles. The average molecular weight is 459 g/mol. The first kappa shape index (κ1) is 23.9. The summed E-state index contributed by atoms with van der Waals surface area (Å²) in [5, 5.41) is 5.79. The molecule has 0 bridgehead atoms. The van der Waals surface area contributed by atoms with Gasteiger partial charge in [-0.05, 0) is 42.5 Å². The predicted octanol–water partition coefficient (Wildman–Crippen LogP) is 2.43. The van der Waals surface area contributed by atoms with Crippen molar-refractivity contribution in [1.82, 2.24) is 10.6 Å². The molecule has 0 aromatic heterocycles. The van der Waals surface area contributed by atoms with Gasteiger partial charge in [-0.2, -0.15) is 0 Å². The first-order chi connectivity index (χ1) is 15.3. The summed E-state index contributed by atoms with van der Waals surface area (Å²) in [6.07, 6.45) is 3.42. The smallest absolute Gasteiger partial charge is 0.251 e. The van der Waals surface area contributed by atoms with E-state index in [0.717, 1.165) is 30.6 Å². The maximum atomic E-state index is 12.9. The highest BCUT2D eigenvalue weighted by Gasteiger charge is 2.22. The Labute approximate surface area is 189 Å². The Hall–Kier alpha value is -2.71. The third kappa shape index (κ3) is 7.46. The summed E-state index contributed by atoms with van der Waals surface area (Å²) in [6, 6.07) is 16.3. The lowest BCUT2D eigenvalue weighted by atomic mass is 9.95. The van der Waals surface area contributed by atoms with Crippen LogP contribution in [0.5, 0.6) is 0 Å². The van der Waals surface area contributed by atoms with Crippen molar-refractivity contribution in [2.24, 2.45) is 0 Å². The number of benzene rings is 2. The second kappa shape index (κ2) is 11.2. The van der Waals surface area contributed by atoms with Crippen molar-refractivity contribution in [2.45, 2.75) is 37.8 Å². The van der Waals surface area contributed by atoms with E-state index >= 15 is 0 Å². The zero-order chi connectivity index (χ0) is 23.0. The Balaban J connectivity index is 1.60. The third-order valence-electron chi connectivity index (χ3n) is 5.47. The molecular weight excluding hydrogens is 428 g/mol. The van der Waals surface area contributed by atoms with E-state index in [1.165, 1.54) is 6.26 Å². The van der Waals surface area contributed by atoms with E-state index in [0.29, 0.717) is 12.1 Å². The molecule has 0 spiro atoms. The molecule has 172 valence electrons. The summed E-state index contributed by atoms with van der Waals surface area (Å²) >= 11 is 0. The molecule has 2 atom stereocenters. The number of hydrogen-bond acceptors (Lipinski definition) is 5. The molecule has 2 amide bonds. The fraction of sp³-hybridized carbons (Fsp3) is 0.417. The summed E-state index contributed by atoms with van der Waals surface area (Å²) in [5.74, 6) is -1.05. The molecule has 2 aromatic rings. The summed E-state index contributed by atoms with van der Waals surface area (Å²) in [7, 11) is -3.19. The van der Waals surface area contributed by atoms with E-state index in [1.54, 1.807) is 18.2 Å². The SMILES string of the molecule is CS(=O)(=O)CCC(C(=O)NCc1cccc(C(=O)NCC2CCCO2)c1)c1ccccc1. The highest BCUT2D eigenvalue weighted by atomic mass is 32.2. The molecule has 2 unspecified atom stereocenters.